The highest BCUT2D eigenvalue weighted by atomic mass is 16.1. The van der Waals surface area contributed by atoms with Crippen LogP contribution in [0.1, 0.15) is 54.2 Å². The maximum Gasteiger partial charge on any atom is 0.179 e. The lowest BCUT2D eigenvalue weighted by Gasteiger charge is -2.21. The molecule has 156 valence electrons. The number of ketones is 1. The topological polar surface area (TPSA) is 73.9 Å². The van der Waals surface area contributed by atoms with Crippen LogP contribution < -0.4 is 5.32 Å². The van der Waals surface area contributed by atoms with Crippen molar-refractivity contribution < 1.29 is 4.79 Å². The number of carbonyl (C=O) groups is 1. The summed E-state index contributed by atoms with van der Waals surface area (Å²) in [5, 5.41) is 4.54. The number of hydrogen-bond donors (Lipinski definition) is 2. The lowest BCUT2D eigenvalue weighted by atomic mass is 9.96. The fraction of sp³-hybridized carbons (Fsp3) is 0.458. The number of likely N-dealkylation sites (tertiary alicyclic amines) is 1. The minimum atomic E-state index is 0.0345. The minimum Gasteiger partial charge on any atom is -0.368 e. The van der Waals surface area contributed by atoms with E-state index in [1.807, 2.05) is 24.3 Å². The molecule has 1 saturated heterocycles. The zero-order valence-electron chi connectivity index (χ0n) is 17.6. The Labute approximate surface area is 177 Å². The van der Waals surface area contributed by atoms with Crippen molar-refractivity contribution in [3.63, 3.8) is 0 Å². The maximum atomic E-state index is 12.5. The van der Waals surface area contributed by atoms with Crippen molar-refractivity contribution in [3.05, 3.63) is 41.1 Å². The summed E-state index contributed by atoms with van der Waals surface area (Å²) >= 11 is 0. The summed E-state index contributed by atoms with van der Waals surface area (Å²) in [7, 11) is 0. The van der Waals surface area contributed by atoms with Gasteiger partial charge in [0, 0.05) is 35.2 Å². The van der Waals surface area contributed by atoms with Crippen LogP contribution in [0.5, 0.6) is 0 Å². The molecule has 0 atom stereocenters. The van der Waals surface area contributed by atoms with Gasteiger partial charge in [-0.15, -0.1) is 0 Å². The molecular formula is C24H29N5O. The predicted molar refractivity (Wildman–Crippen MR) is 120 cm³/mol. The lowest BCUT2D eigenvalue weighted by molar-refractivity contribution is 0.102. The third-order valence-electron chi connectivity index (χ3n) is 6.38. The largest absolute Gasteiger partial charge is 0.368 e. The molecule has 0 saturated carbocycles. The highest BCUT2D eigenvalue weighted by molar-refractivity contribution is 6.11. The number of H-pyrrole nitrogens is 1. The number of aromatic nitrogens is 3. The molecule has 2 aromatic heterocycles. The normalized spacial score (nSPS) is 16.7. The van der Waals surface area contributed by atoms with E-state index in [0.717, 1.165) is 60.5 Å². The van der Waals surface area contributed by atoms with Crippen molar-refractivity contribution >= 4 is 22.5 Å². The molecule has 0 spiro atoms. The van der Waals surface area contributed by atoms with Crippen LogP contribution in [0.2, 0.25) is 0 Å². The Balaban J connectivity index is 1.53. The molecule has 6 heteroatoms. The van der Waals surface area contributed by atoms with Gasteiger partial charge in [-0.3, -0.25) is 4.79 Å². The molecule has 0 bridgehead atoms. The van der Waals surface area contributed by atoms with Crippen molar-refractivity contribution in [1.29, 1.82) is 0 Å². The molecule has 0 radical (unpaired) electrons. The number of rotatable bonds is 6. The third kappa shape index (κ3) is 3.60. The highest BCUT2D eigenvalue weighted by Gasteiger charge is 2.23. The number of para-hydroxylation sites is 1. The number of aromatic amines is 1. The van der Waals surface area contributed by atoms with Crippen LogP contribution in [0.4, 0.5) is 5.82 Å². The molecule has 0 unspecified atom stereocenters. The van der Waals surface area contributed by atoms with Gasteiger partial charge in [-0.1, -0.05) is 18.2 Å². The SMILES string of the molecule is CC(=O)c1c(-c2nc3c(c(NCCN4CCCC4)n2)CCCC3)[nH]c2ccccc12. The summed E-state index contributed by atoms with van der Waals surface area (Å²) in [6, 6.07) is 7.93. The van der Waals surface area contributed by atoms with Crippen molar-refractivity contribution in [2.75, 3.05) is 31.5 Å². The number of benzene rings is 1. The summed E-state index contributed by atoms with van der Waals surface area (Å²) in [5.74, 6) is 1.61. The van der Waals surface area contributed by atoms with Crippen LogP contribution in [0, 0.1) is 0 Å². The van der Waals surface area contributed by atoms with Gasteiger partial charge in [0.1, 0.15) is 5.82 Å². The fourth-order valence-corrected chi connectivity index (χ4v) is 4.87. The molecule has 6 nitrogen and oxygen atoms in total. The van der Waals surface area contributed by atoms with Gasteiger partial charge in [-0.2, -0.15) is 0 Å². The third-order valence-corrected chi connectivity index (χ3v) is 6.38. The summed E-state index contributed by atoms with van der Waals surface area (Å²) < 4.78 is 0. The van der Waals surface area contributed by atoms with Gasteiger partial charge in [0.05, 0.1) is 11.3 Å². The molecular weight excluding hydrogens is 374 g/mol. The molecule has 2 N–H and O–H groups in total. The number of nitrogens with one attached hydrogen (secondary N) is 2. The zero-order valence-corrected chi connectivity index (χ0v) is 17.6. The molecule has 3 aromatic rings. The van der Waals surface area contributed by atoms with E-state index >= 15 is 0 Å². The van der Waals surface area contributed by atoms with Crippen molar-refractivity contribution in [3.8, 4) is 11.5 Å². The van der Waals surface area contributed by atoms with E-state index in [-0.39, 0.29) is 5.78 Å². The van der Waals surface area contributed by atoms with Crippen LogP contribution in [0.15, 0.2) is 24.3 Å². The lowest BCUT2D eigenvalue weighted by Crippen LogP contribution is -2.27. The van der Waals surface area contributed by atoms with Gasteiger partial charge >= 0.3 is 0 Å². The summed E-state index contributed by atoms with van der Waals surface area (Å²) in [6.07, 6.45) is 6.95. The predicted octanol–water partition coefficient (Wildman–Crippen LogP) is 4.21. The van der Waals surface area contributed by atoms with E-state index in [9.17, 15) is 4.79 Å². The van der Waals surface area contributed by atoms with E-state index in [2.05, 4.69) is 15.2 Å². The molecule has 1 aromatic carbocycles. The number of nitrogens with zero attached hydrogens (tertiary/aromatic N) is 3. The van der Waals surface area contributed by atoms with Crippen molar-refractivity contribution in [2.45, 2.75) is 45.4 Å². The second-order valence-corrected chi connectivity index (χ2v) is 8.48. The first-order valence-electron chi connectivity index (χ1n) is 11.2. The van der Waals surface area contributed by atoms with Crippen molar-refractivity contribution in [2.24, 2.45) is 0 Å². The first-order chi connectivity index (χ1) is 14.7. The monoisotopic (exact) mass is 403 g/mol. The number of hydrogen-bond acceptors (Lipinski definition) is 5. The Hall–Kier alpha value is -2.73. The second kappa shape index (κ2) is 8.19. The Morgan fingerprint density at radius 2 is 1.90 bits per heavy atom. The first kappa shape index (κ1) is 19.2. The van der Waals surface area contributed by atoms with E-state index in [1.165, 1.54) is 37.9 Å². The molecule has 5 rings (SSSR count). The fourth-order valence-electron chi connectivity index (χ4n) is 4.87. The molecule has 2 aliphatic rings. The molecule has 30 heavy (non-hydrogen) atoms. The number of aryl methyl sites for hydroxylation is 1. The Kier molecular flexibility index (Phi) is 5.25. The smallest absolute Gasteiger partial charge is 0.179 e. The van der Waals surface area contributed by atoms with Gasteiger partial charge < -0.3 is 15.2 Å². The minimum absolute atomic E-state index is 0.0345. The summed E-state index contributed by atoms with van der Waals surface area (Å²) in [6.45, 7) is 5.94. The second-order valence-electron chi connectivity index (χ2n) is 8.48. The van der Waals surface area contributed by atoms with Gasteiger partial charge in [0.15, 0.2) is 11.6 Å². The Morgan fingerprint density at radius 3 is 2.73 bits per heavy atom. The van der Waals surface area contributed by atoms with Crippen LogP contribution in [-0.2, 0) is 12.8 Å². The molecule has 1 aliphatic heterocycles. The van der Waals surface area contributed by atoms with E-state index in [0.29, 0.717) is 11.4 Å². The highest BCUT2D eigenvalue weighted by Crippen LogP contribution is 2.32. The van der Waals surface area contributed by atoms with Crippen LogP contribution in [-0.4, -0.2) is 51.8 Å². The summed E-state index contributed by atoms with van der Waals surface area (Å²) in [5.41, 5.74) is 4.75. The van der Waals surface area contributed by atoms with Crippen LogP contribution >= 0.6 is 0 Å². The molecule has 0 amide bonds. The zero-order chi connectivity index (χ0) is 20.5. The van der Waals surface area contributed by atoms with Gasteiger partial charge in [-0.25, -0.2) is 9.97 Å². The van der Waals surface area contributed by atoms with Crippen LogP contribution in [0.3, 0.4) is 0 Å². The van der Waals surface area contributed by atoms with Gasteiger partial charge in [0.2, 0.25) is 0 Å². The average Bonchev–Trinajstić information content (AvgIpc) is 3.41. The van der Waals surface area contributed by atoms with Gasteiger partial charge in [-0.05, 0) is 64.6 Å². The van der Waals surface area contributed by atoms with Crippen molar-refractivity contribution in [1.82, 2.24) is 19.9 Å². The average molecular weight is 404 g/mol. The molecule has 3 heterocycles. The quantitative estimate of drug-likeness (QED) is 0.603. The number of fused-ring (bicyclic) bond motifs is 2. The van der Waals surface area contributed by atoms with E-state index < -0.39 is 0 Å². The standard InChI is InChI=1S/C24H29N5O/c1-16(30)21-17-8-2-4-10-19(17)26-22(21)24-27-20-11-5-3-9-18(20)23(28-24)25-12-15-29-13-6-7-14-29/h2,4,8,10,26H,3,5-7,9,11-15H2,1H3,(H,25,27,28). The number of anilines is 1. The Bertz CT molecular complexity index is 1080. The number of carbonyl (C=O) groups excluding carboxylic acids is 1. The molecule has 1 aliphatic carbocycles. The maximum absolute atomic E-state index is 12.5. The van der Waals surface area contributed by atoms with E-state index in [1.54, 1.807) is 6.92 Å². The summed E-state index contributed by atoms with van der Waals surface area (Å²) in [4.78, 5) is 28.3. The molecule has 1 fully saturated rings. The van der Waals surface area contributed by atoms with E-state index in [4.69, 9.17) is 9.97 Å². The Morgan fingerprint density at radius 1 is 1.10 bits per heavy atom. The first-order valence-corrected chi connectivity index (χ1v) is 11.2. The van der Waals surface area contributed by atoms with Gasteiger partial charge in [0.25, 0.3) is 0 Å². The van der Waals surface area contributed by atoms with Crippen LogP contribution in [0.25, 0.3) is 22.4 Å². The number of Topliss-reactive ketones (excluding diaryl/α,β-unsaturated/α-hetero) is 1.